The number of nitrogens with one attached hydrogen (secondary N) is 1. The second-order valence-corrected chi connectivity index (χ2v) is 8.41. The van der Waals surface area contributed by atoms with E-state index in [4.69, 9.17) is 4.74 Å². The molecule has 0 spiro atoms. The summed E-state index contributed by atoms with van der Waals surface area (Å²) in [6.07, 6.45) is 3.05. The Morgan fingerprint density at radius 1 is 1.11 bits per heavy atom. The number of carbonyl (C=O) groups is 1. The van der Waals surface area contributed by atoms with Crippen molar-refractivity contribution in [2.75, 3.05) is 6.54 Å². The van der Waals surface area contributed by atoms with Crippen molar-refractivity contribution in [1.82, 2.24) is 10.2 Å². The van der Waals surface area contributed by atoms with Crippen LogP contribution in [0.4, 0.5) is 4.79 Å². The average molecular weight is 381 g/mol. The number of hydrogen-bond donors (Lipinski definition) is 1. The molecule has 0 radical (unpaired) electrons. The summed E-state index contributed by atoms with van der Waals surface area (Å²) in [6.45, 7) is 9.37. The first-order valence-corrected chi connectivity index (χ1v) is 10.3. The van der Waals surface area contributed by atoms with Gasteiger partial charge in [-0.2, -0.15) is 0 Å². The largest absolute Gasteiger partial charge is 0.444 e. The Morgan fingerprint density at radius 2 is 1.86 bits per heavy atom. The maximum atomic E-state index is 12.9. The highest BCUT2D eigenvalue weighted by atomic mass is 16.6. The van der Waals surface area contributed by atoms with Crippen molar-refractivity contribution < 1.29 is 9.53 Å². The van der Waals surface area contributed by atoms with Crippen molar-refractivity contribution in [1.29, 1.82) is 0 Å². The predicted octanol–water partition coefficient (Wildman–Crippen LogP) is 5.88. The van der Waals surface area contributed by atoms with Gasteiger partial charge in [-0.25, -0.2) is 4.79 Å². The Labute approximate surface area is 168 Å². The van der Waals surface area contributed by atoms with E-state index in [0.717, 1.165) is 13.0 Å². The number of carbonyl (C=O) groups excluding carboxylic acids is 1. The Bertz CT molecular complexity index is 796. The number of unbranched alkanes of at least 4 members (excludes halogenated alkanes) is 2. The van der Waals surface area contributed by atoms with Crippen LogP contribution in [0.15, 0.2) is 48.5 Å². The Balaban J connectivity index is 1.91. The van der Waals surface area contributed by atoms with E-state index in [1.807, 2.05) is 31.7 Å². The molecule has 0 saturated heterocycles. The normalized spacial score (nSPS) is 16.1. The van der Waals surface area contributed by atoms with Crippen molar-refractivity contribution in [3.63, 3.8) is 0 Å². The number of fused-ring (bicyclic) bond motifs is 1. The van der Waals surface area contributed by atoms with Crippen LogP contribution >= 0.6 is 0 Å². The zero-order chi connectivity index (χ0) is 20.1. The lowest BCUT2D eigenvalue weighted by molar-refractivity contribution is 0.0139. The van der Waals surface area contributed by atoms with Crippen molar-refractivity contribution in [3.05, 3.63) is 59.7 Å². The van der Waals surface area contributed by atoms with E-state index in [-0.39, 0.29) is 12.3 Å². The molecule has 1 aliphatic heterocycles. The first kappa shape index (κ1) is 20.4. The monoisotopic (exact) mass is 380 g/mol. The lowest BCUT2D eigenvalue weighted by Gasteiger charge is -2.29. The minimum atomic E-state index is -0.513. The SMILES string of the molecule is CCCCCNC1c2cccc(-c3ccccc3)c2CN1C(=O)OC(C)(C)C. The van der Waals surface area contributed by atoms with Gasteiger partial charge >= 0.3 is 6.09 Å². The third-order valence-electron chi connectivity index (χ3n) is 4.98. The van der Waals surface area contributed by atoms with Crippen LogP contribution in [0.3, 0.4) is 0 Å². The maximum Gasteiger partial charge on any atom is 0.412 e. The molecule has 0 aliphatic carbocycles. The third-order valence-corrected chi connectivity index (χ3v) is 4.98. The highest BCUT2D eigenvalue weighted by Gasteiger charge is 2.37. The number of benzene rings is 2. The molecular weight excluding hydrogens is 348 g/mol. The Hall–Kier alpha value is -2.33. The predicted molar refractivity (Wildman–Crippen MR) is 114 cm³/mol. The number of hydrogen-bond acceptors (Lipinski definition) is 3. The molecule has 3 rings (SSSR count). The molecule has 2 aromatic carbocycles. The second-order valence-electron chi connectivity index (χ2n) is 8.41. The first-order valence-electron chi connectivity index (χ1n) is 10.3. The fraction of sp³-hybridized carbons (Fsp3) is 0.458. The van der Waals surface area contributed by atoms with Crippen molar-refractivity contribution in [2.24, 2.45) is 0 Å². The van der Waals surface area contributed by atoms with Gasteiger partial charge in [0.15, 0.2) is 0 Å². The summed E-state index contributed by atoms with van der Waals surface area (Å²) in [5.41, 5.74) is 4.22. The van der Waals surface area contributed by atoms with E-state index in [1.165, 1.54) is 35.1 Å². The smallest absolute Gasteiger partial charge is 0.412 e. The molecule has 0 fully saturated rings. The fourth-order valence-electron chi connectivity index (χ4n) is 3.68. The van der Waals surface area contributed by atoms with Gasteiger partial charge in [0.2, 0.25) is 0 Å². The van der Waals surface area contributed by atoms with Gasteiger partial charge in [0, 0.05) is 0 Å². The van der Waals surface area contributed by atoms with Gasteiger partial charge in [-0.15, -0.1) is 0 Å². The van der Waals surface area contributed by atoms with Gasteiger partial charge in [0.05, 0.1) is 6.54 Å². The van der Waals surface area contributed by atoms with Crippen LogP contribution in [0, 0.1) is 0 Å². The summed E-state index contributed by atoms with van der Waals surface area (Å²) in [4.78, 5) is 14.8. The first-order chi connectivity index (χ1) is 13.4. The zero-order valence-corrected chi connectivity index (χ0v) is 17.5. The van der Waals surface area contributed by atoms with Gasteiger partial charge in [-0.3, -0.25) is 10.2 Å². The minimum absolute atomic E-state index is 0.148. The Morgan fingerprint density at radius 3 is 2.54 bits per heavy atom. The molecule has 150 valence electrons. The molecule has 1 heterocycles. The van der Waals surface area contributed by atoms with Crippen LogP contribution in [0.5, 0.6) is 0 Å². The molecule has 1 amide bonds. The number of ether oxygens (including phenoxy) is 1. The number of rotatable bonds is 6. The van der Waals surface area contributed by atoms with E-state index in [2.05, 4.69) is 54.7 Å². The van der Waals surface area contributed by atoms with Gasteiger partial charge in [0.25, 0.3) is 0 Å². The lowest BCUT2D eigenvalue weighted by atomic mass is 9.96. The van der Waals surface area contributed by atoms with E-state index in [1.54, 1.807) is 0 Å². The molecule has 4 nitrogen and oxygen atoms in total. The summed E-state index contributed by atoms with van der Waals surface area (Å²) >= 11 is 0. The highest BCUT2D eigenvalue weighted by molar-refractivity contribution is 5.75. The lowest BCUT2D eigenvalue weighted by Crippen LogP contribution is -2.41. The molecule has 2 aromatic rings. The van der Waals surface area contributed by atoms with Crippen molar-refractivity contribution in [3.8, 4) is 11.1 Å². The molecule has 1 aliphatic rings. The molecule has 1 atom stereocenters. The van der Waals surface area contributed by atoms with Crippen LogP contribution in [0.1, 0.15) is 64.3 Å². The quantitative estimate of drug-likeness (QED) is 0.636. The highest BCUT2D eigenvalue weighted by Crippen LogP contribution is 2.38. The zero-order valence-electron chi connectivity index (χ0n) is 17.5. The molecule has 1 unspecified atom stereocenters. The minimum Gasteiger partial charge on any atom is -0.444 e. The summed E-state index contributed by atoms with van der Waals surface area (Å²) in [5.74, 6) is 0. The maximum absolute atomic E-state index is 12.9. The van der Waals surface area contributed by atoms with Crippen molar-refractivity contribution >= 4 is 6.09 Å². The number of nitrogens with zero attached hydrogens (tertiary/aromatic N) is 1. The Kier molecular flexibility index (Phi) is 6.40. The molecule has 0 bridgehead atoms. The van der Waals surface area contributed by atoms with E-state index < -0.39 is 5.60 Å². The van der Waals surface area contributed by atoms with Crippen LogP contribution in [0.25, 0.3) is 11.1 Å². The van der Waals surface area contributed by atoms with Gasteiger partial charge in [0.1, 0.15) is 11.8 Å². The summed E-state index contributed by atoms with van der Waals surface area (Å²) < 4.78 is 5.70. The molecular formula is C24H32N2O2. The van der Waals surface area contributed by atoms with E-state index in [9.17, 15) is 4.79 Å². The van der Waals surface area contributed by atoms with Crippen LogP contribution in [-0.2, 0) is 11.3 Å². The molecule has 1 N–H and O–H groups in total. The third kappa shape index (κ3) is 4.74. The topological polar surface area (TPSA) is 41.6 Å². The van der Waals surface area contributed by atoms with Crippen molar-refractivity contribution in [2.45, 2.75) is 65.3 Å². The summed E-state index contributed by atoms with van der Waals surface area (Å²) in [7, 11) is 0. The standard InChI is InChI=1S/C24H32N2O2/c1-5-6-10-16-25-22-20-15-11-14-19(18-12-8-7-9-13-18)21(20)17-26(22)23(27)28-24(2,3)4/h7-9,11-15,22,25H,5-6,10,16-17H2,1-4H3. The summed E-state index contributed by atoms with van der Waals surface area (Å²) in [6, 6.07) is 16.7. The molecule has 0 saturated carbocycles. The summed E-state index contributed by atoms with van der Waals surface area (Å²) in [5, 5.41) is 3.59. The molecule has 4 heteroatoms. The van der Waals surface area contributed by atoms with Crippen LogP contribution in [-0.4, -0.2) is 23.1 Å². The van der Waals surface area contributed by atoms with Gasteiger partial charge in [-0.1, -0.05) is 68.3 Å². The van der Waals surface area contributed by atoms with Crippen LogP contribution < -0.4 is 5.32 Å². The van der Waals surface area contributed by atoms with Crippen LogP contribution in [0.2, 0.25) is 0 Å². The average Bonchev–Trinajstić information content (AvgIpc) is 3.03. The second kappa shape index (κ2) is 8.78. The molecule has 0 aromatic heterocycles. The fourth-order valence-corrected chi connectivity index (χ4v) is 3.68. The molecule has 28 heavy (non-hydrogen) atoms. The number of amides is 1. The van der Waals surface area contributed by atoms with Gasteiger partial charge < -0.3 is 4.74 Å². The van der Waals surface area contributed by atoms with E-state index >= 15 is 0 Å². The van der Waals surface area contributed by atoms with E-state index in [0.29, 0.717) is 6.54 Å². The van der Waals surface area contributed by atoms with Gasteiger partial charge in [-0.05, 0) is 56.0 Å².